The van der Waals surface area contributed by atoms with E-state index in [4.69, 9.17) is 16.3 Å². The van der Waals surface area contributed by atoms with Crippen LogP contribution < -0.4 is 15.9 Å². The normalized spacial score (nSPS) is 11.0. The van der Waals surface area contributed by atoms with Gasteiger partial charge in [0.1, 0.15) is 11.2 Å². The number of benzene rings is 3. The molecular weight excluding hydrogens is 409 g/mol. The third-order valence-corrected chi connectivity index (χ3v) is 8.83. The van der Waals surface area contributed by atoms with Crippen molar-refractivity contribution in [2.45, 2.75) is 6.92 Å². The number of rotatable bonds is 4. The molecule has 3 aromatic carbocycles. The summed E-state index contributed by atoms with van der Waals surface area (Å²) >= 11 is 6.32. The Morgan fingerprint density at radius 1 is 0.800 bits per heavy atom. The lowest BCUT2D eigenvalue weighted by Crippen LogP contribution is -2.25. The molecule has 146 valence electrons. The molecule has 0 N–H and O–H groups in total. The molecular formula is C25H19ClN3P. The van der Waals surface area contributed by atoms with E-state index in [1.807, 2.05) is 67.6 Å². The fraction of sp³-hybridized carbons (Fsp3) is 0.0400. The third kappa shape index (κ3) is 3.68. The van der Waals surface area contributed by atoms with Crippen molar-refractivity contribution in [3.8, 4) is 6.07 Å². The van der Waals surface area contributed by atoms with Crippen LogP contribution in [0.3, 0.4) is 0 Å². The summed E-state index contributed by atoms with van der Waals surface area (Å²) in [6, 6.07) is 34.9. The molecule has 0 saturated heterocycles. The Kier molecular flexibility index (Phi) is 5.81. The van der Waals surface area contributed by atoms with Crippen LogP contribution in [-0.4, -0.2) is 4.98 Å². The molecule has 0 radical (unpaired) electrons. The van der Waals surface area contributed by atoms with Gasteiger partial charge in [-0.15, -0.1) is 0 Å². The summed E-state index contributed by atoms with van der Waals surface area (Å²) in [6.45, 7) is 1.86. The highest BCUT2D eigenvalue weighted by Crippen LogP contribution is 2.49. The second-order valence-electron chi connectivity index (χ2n) is 6.82. The zero-order chi connectivity index (χ0) is 21.0. The van der Waals surface area contributed by atoms with Gasteiger partial charge in [-0.3, -0.25) is 0 Å². The van der Waals surface area contributed by atoms with E-state index in [1.165, 1.54) is 0 Å². The lowest BCUT2D eigenvalue weighted by atomic mass is 10.2. The van der Waals surface area contributed by atoms with Gasteiger partial charge < -0.3 is 0 Å². The monoisotopic (exact) mass is 427 g/mol. The maximum Gasteiger partial charge on any atom is 0.153 e. The molecule has 1 aromatic heterocycles. The predicted octanol–water partition coefficient (Wildman–Crippen LogP) is 5.72. The summed E-state index contributed by atoms with van der Waals surface area (Å²) in [4.78, 5) is 4.47. The first-order chi connectivity index (χ1) is 14.6. The Balaban J connectivity index is 2.14. The number of halogens is 1. The van der Waals surface area contributed by atoms with Crippen LogP contribution in [0.4, 0.5) is 5.82 Å². The van der Waals surface area contributed by atoms with Gasteiger partial charge in [-0.1, -0.05) is 103 Å². The van der Waals surface area contributed by atoms with Crippen molar-refractivity contribution in [3.63, 3.8) is 0 Å². The molecule has 0 bridgehead atoms. The quantitative estimate of drug-likeness (QED) is 0.308. The fourth-order valence-corrected chi connectivity index (χ4v) is 7.25. The summed E-state index contributed by atoms with van der Waals surface area (Å²) in [5.41, 5.74) is 1.15. The van der Waals surface area contributed by atoms with Crippen molar-refractivity contribution < 1.29 is 0 Å². The highest BCUT2D eigenvalue weighted by Gasteiger charge is 2.27. The van der Waals surface area contributed by atoms with Crippen molar-refractivity contribution in [1.29, 1.82) is 5.26 Å². The maximum absolute atomic E-state index is 9.36. The van der Waals surface area contributed by atoms with Crippen LogP contribution in [0.1, 0.15) is 11.1 Å². The molecule has 0 spiro atoms. The first kappa shape index (κ1) is 20.1. The molecule has 30 heavy (non-hydrogen) atoms. The number of hydrogen-bond donors (Lipinski definition) is 0. The summed E-state index contributed by atoms with van der Waals surface area (Å²) in [5, 5.41) is 12.9. The van der Waals surface area contributed by atoms with E-state index in [-0.39, 0.29) is 5.15 Å². The number of nitrogens with zero attached hydrogens (tertiary/aromatic N) is 3. The minimum Gasteiger partial charge on any atom is -0.234 e. The van der Waals surface area contributed by atoms with Crippen LogP contribution in [0.2, 0.25) is 5.15 Å². The highest BCUT2D eigenvalue weighted by molar-refractivity contribution is 7.87. The van der Waals surface area contributed by atoms with Crippen molar-refractivity contribution in [3.05, 3.63) is 113 Å². The fourth-order valence-electron chi connectivity index (χ4n) is 3.51. The van der Waals surface area contributed by atoms with E-state index >= 15 is 0 Å². The van der Waals surface area contributed by atoms with E-state index in [0.717, 1.165) is 21.5 Å². The average Bonchev–Trinajstić information content (AvgIpc) is 2.79. The molecule has 0 fully saturated rings. The minimum absolute atomic E-state index is 0.184. The van der Waals surface area contributed by atoms with Crippen LogP contribution in [-0.2, 0) is 0 Å². The van der Waals surface area contributed by atoms with Crippen molar-refractivity contribution in [2.24, 2.45) is 4.74 Å². The topological polar surface area (TPSA) is 49.0 Å². The van der Waals surface area contributed by atoms with E-state index < -0.39 is 7.05 Å². The Morgan fingerprint density at radius 3 is 1.60 bits per heavy atom. The Morgan fingerprint density at radius 2 is 1.23 bits per heavy atom. The second-order valence-corrected chi connectivity index (χ2v) is 10.2. The Hall–Kier alpha value is -3.18. The lowest BCUT2D eigenvalue weighted by Gasteiger charge is -2.26. The Bertz CT molecular complexity index is 1140. The first-order valence-electron chi connectivity index (χ1n) is 9.51. The van der Waals surface area contributed by atoms with E-state index in [1.54, 1.807) is 0 Å². The molecule has 4 rings (SSSR count). The van der Waals surface area contributed by atoms with E-state index in [2.05, 4.69) is 47.5 Å². The van der Waals surface area contributed by atoms with E-state index in [9.17, 15) is 5.26 Å². The summed E-state index contributed by atoms with van der Waals surface area (Å²) < 4.78 is 5.30. The standard InChI is InChI=1S/C25H19ClN3P/c1-19-17-24(28-25(26)23(19)18-27)29-30(20-11-5-2-6-12-20,21-13-7-3-8-14-21)22-15-9-4-10-16-22/h2-17H,1H3. The molecule has 0 amide bonds. The largest absolute Gasteiger partial charge is 0.234 e. The van der Waals surface area contributed by atoms with Crippen LogP contribution in [0.15, 0.2) is 102 Å². The van der Waals surface area contributed by atoms with Crippen molar-refractivity contribution in [1.82, 2.24) is 4.98 Å². The number of pyridine rings is 1. The molecule has 0 atom stereocenters. The second kappa shape index (κ2) is 8.67. The van der Waals surface area contributed by atoms with Crippen LogP contribution in [0.5, 0.6) is 0 Å². The van der Waals surface area contributed by atoms with Crippen LogP contribution in [0, 0.1) is 18.3 Å². The highest BCUT2D eigenvalue weighted by atomic mass is 35.5. The first-order valence-corrected chi connectivity index (χ1v) is 11.6. The molecule has 3 nitrogen and oxygen atoms in total. The van der Waals surface area contributed by atoms with Gasteiger partial charge in [-0.2, -0.15) is 5.26 Å². The smallest absolute Gasteiger partial charge is 0.153 e. The molecule has 0 aliphatic heterocycles. The number of hydrogen-bond acceptors (Lipinski definition) is 3. The van der Waals surface area contributed by atoms with Gasteiger partial charge in [0.05, 0.1) is 12.6 Å². The summed E-state index contributed by atoms with van der Waals surface area (Å²) in [5.74, 6) is 0.529. The molecule has 0 aliphatic carbocycles. The van der Waals surface area contributed by atoms with Gasteiger partial charge in [0, 0.05) is 15.9 Å². The molecule has 0 unspecified atom stereocenters. The molecule has 5 heteroatoms. The van der Waals surface area contributed by atoms with Gasteiger partial charge >= 0.3 is 0 Å². The predicted molar refractivity (Wildman–Crippen MR) is 126 cm³/mol. The van der Waals surface area contributed by atoms with Gasteiger partial charge in [-0.05, 0) is 18.6 Å². The third-order valence-electron chi connectivity index (χ3n) is 4.91. The number of nitriles is 1. The molecule has 4 aromatic rings. The van der Waals surface area contributed by atoms with Crippen molar-refractivity contribution in [2.75, 3.05) is 0 Å². The SMILES string of the molecule is Cc1cc(N=P(c2ccccc2)(c2ccccc2)c2ccccc2)nc(Cl)c1C#N. The zero-order valence-corrected chi connectivity index (χ0v) is 18.1. The van der Waals surface area contributed by atoms with Gasteiger partial charge in [0.2, 0.25) is 0 Å². The number of aromatic nitrogens is 1. The average molecular weight is 428 g/mol. The van der Waals surface area contributed by atoms with Gasteiger partial charge in [0.25, 0.3) is 0 Å². The zero-order valence-electron chi connectivity index (χ0n) is 16.4. The summed E-state index contributed by atoms with van der Waals surface area (Å²) in [6.07, 6.45) is 0. The maximum atomic E-state index is 9.36. The van der Waals surface area contributed by atoms with Gasteiger partial charge in [-0.25, -0.2) is 9.73 Å². The molecule has 1 heterocycles. The van der Waals surface area contributed by atoms with E-state index in [0.29, 0.717) is 11.4 Å². The molecule has 0 saturated carbocycles. The van der Waals surface area contributed by atoms with Crippen LogP contribution in [0.25, 0.3) is 0 Å². The van der Waals surface area contributed by atoms with Crippen molar-refractivity contribution >= 4 is 40.4 Å². The summed E-state index contributed by atoms with van der Waals surface area (Å²) in [7, 11) is -2.42. The minimum atomic E-state index is -2.42. The van der Waals surface area contributed by atoms with Crippen LogP contribution >= 0.6 is 18.7 Å². The Labute approximate surface area is 181 Å². The van der Waals surface area contributed by atoms with Gasteiger partial charge in [0.15, 0.2) is 5.82 Å². The molecule has 0 aliphatic rings. The number of aryl methyl sites for hydroxylation is 1. The lowest BCUT2D eigenvalue weighted by molar-refractivity contribution is 1.23.